The standard InChI is InChI=1S/C13H29N3/c1-14-9-5-4-6-10-16-11-7-13(8-12-16)15(2)3/h13-14H,4-12H2,1-3H3. The highest BCUT2D eigenvalue weighted by molar-refractivity contribution is 4.76. The first-order valence-corrected chi connectivity index (χ1v) is 6.77. The summed E-state index contributed by atoms with van der Waals surface area (Å²) in [7, 11) is 6.45. The summed E-state index contributed by atoms with van der Waals surface area (Å²) in [5, 5.41) is 3.21. The lowest BCUT2D eigenvalue weighted by Crippen LogP contribution is -2.42. The van der Waals surface area contributed by atoms with Gasteiger partial charge in [0.1, 0.15) is 0 Å². The van der Waals surface area contributed by atoms with Crippen LogP contribution in [0.4, 0.5) is 0 Å². The van der Waals surface area contributed by atoms with Gasteiger partial charge in [-0.15, -0.1) is 0 Å². The van der Waals surface area contributed by atoms with Crippen LogP contribution in [0.1, 0.15) is 32.1 Å². The van der Waals surface area contributed by atoms with E-state index in [1.165, 1.54) is 58.3 Å². The predicted molar refractivity (Wildman–Crippen MR) is 70.9 cm³/mol. The van der Waals surface area contributed by atoms with Crippen molar-refractivity contribution in [3.8, 4) is 0 Å². The van der Waals surface area contributed by atoms with E-state index < -0.39 is 0 Å². The Morgan fingerprint density at radius 1 is 1.12 bits per heavy atom. The van der Waals surface area contributed by atoms with Gasteiger partial charge in [0, 0.05) is 6.04 Å². The fourth-order valence-corrected chi connectivity index (χ4v) is 2.47. The van der Waals surface area contributed by atoms with Crippen molar-refractivity contribution in [1.82, 2.24) is 15.1 Å². The predicted octanol–water partition coefficient (Wildman–Crippen LogP) is 1.40. The van der Waals surface area contributed by atoms with Crippen LogP contribution in [-0.4, -0.2) is 63.2 Å². The second-order valence-electron chi connectivity index (χ2n) is 5.20. The van der Waals surface area contributed by atoms with Crippen molar-refractivity contribution in [2.24, 2.45) is 0 Å². The van der Waals surface area contributed by atoms with Gasteiger partial charge in [-0.3, -0.25) is 0 Å². The Bertz CT molecular complexity index is 163. The monoisotopic (exact) mass is 227 g/mol. The van der Waals surface area contributed by atoms with Crippen LogP contribution in [0.25, 0.3) is 0 Å². The highest BCUT2D eigenvalue weighted by Crippen LogP contribution is 2.14. The maximum atomic E-state index is 3.21. The van der Waals surface area contributed by atoms with Crippen LogP contribution in [0.15, 0.2) is 0 Å². The van der Waals surface area contributed by atoms with Crippen molar-refractivity contribution >= 4 is 0 Å². The highest BCUT2D eigenvalue weighted by Gasteiger charge is 2.19. The molecule has 1 aliphatic rings. The molecule has 0 aliphatic carbocycles. The molecular formula is C13H29N3. The number of unbranched alkanes of at least 4 members (excludes halogenated alkanes) is 2. The molecule has 0 saturated carbocycles. The minimum atomic E-state index is 0.820. The zero-order valence-electron chi connectivity index (χ0n) is 11.3. The van der Waals surface area contributed by atoms with E-state index in [2.05, 4.69) is 29.2 Å². The summed E-state index contributed by atoms with van der Waals surface area (Å²) in [5.74, 6) is 0. The first-order chi connectivity index (χ1) is 7.74. The maximum absolute atomic E-state index is 3.21. The average Bonchev–Trinajstić information content (AvgIpc) is 2.29. The summed E-state index contributed by atoms with van der Waals surface area (Å²) >= 11 is 0. The number of rotatable bonds is 7. The largest absolute Gasteiger partial charge is 0.320 e. The molecule has 3 heteroatoms. The number of likely N-dealkylation sites (tertiary alicyclic amines) is 1. The van der Waals surface area contributed by atoms with Gasteiger partial charge in [-0.2, -0.15) is 0 Å². The van der Waals surface area contributed by atoms with Gasteiger partial charge < -0.3 is 15.1 Å². The van der Waals surface area contributed by atoms with Gasteiger partial charge in [0.15, 0.2) is 0 Å². The fraction of sp³-hybridized carbons (Fsp3) is 1.00. The third-order valence-electron chi connectivity index (χ3n) is 3.69. The molecule has 0 aromatic heterocycles. The Hall–Kier alpha value is -0.120. The van der Waals surface area contributed by atoms with Crippen molar-refractivity contribution in [2.45, 2.75) is 38.1 Å². The van der Waals surface area contributed by atoms with Gasteiger partial charge in [0.05, 0.1) is 0 Å². The number of nitrogens with one attached hydrogen (secondary N) is 1. The molecule has 16 heavy (non-hydrogen) atoms. The van der Waals surface area contributed by atoms with Crippen LogP contribution in [0.2, 0.25) is 0 Å². The topological polar surface area (TPSA) is 18.5 Å². The fourth-order valence-electron chi connectivity index (χ4n) is 2.47. The van der Waals surface area contributed by atoms with Crippen molar-refractivity contribution in [1.29, 1.82) is 0 Å². The third kappa shape index (κ3) is 5.28. The molecule has 96 valence electrons. The molecule has 0 radical (unpaired) electrons. The highest BCUT2D eigenvalue weighted by atomic mass is 15.2. The number of hydrogen-bond donors (Lipinski definition) is 1. The van der Waals surface area contributed by atoms with Crippen molar-refractivity contribution < 1.29 is 0 Å². The second kappa shape index (κ2) is 8.04. The average molecular weight is 227 g/mol. The molecule has 1 fully saturated rings. The smallest absolute Gasteiger partial charge is 0.0113 e. The van der Waals surface area contributed by atoms with Crippen LogP contribution < -0.4 is 5.32 Å². The van der Waals surface area contributed by atoms with Crippen LogP contribution in [-0.2, 0) is 0 Å². The molecule has 1 saturated heterocycles. The van der Waals surface area contributed by atoms with E-state index in [0.717, 1.165) is 6.04 Å². The van der Waals surface area contributed by atoms with Crippen LogP contribution in [0, 0.1) is 0 Å². The molecule has 0 spiro atoms. The Morgan fingerprint density at radius 3 is 2.38 bits per heavy atom. The summed E-state index contributed by atoms with van der Waals surface area (Å²) in [6.07, 6.45) is 6.76. The van der Waals surface area contributed by atoms with E-state index in [-0.39, 0.29) is 0 Å². The number of hydrogen-bond acceptors (Lipinski definition) is 3. The molecule has 0 amide bonds. The van der Waals surface area contributed by atoms with Gasteiger partial charge in [-0.25, -0.2) is 0 Å². The second-order valence-corrected chi connectivity index (χ2v) is 5.20. The summed E-state index contributed by atoms with van der Waals surface area (Å²) in [6, 6.07) is 0.820. The quantitative estimate of drug-likeness (QED) is 0.663. The van der Waals surface area contributed by atoms with Crippen molar-refractivity contribution in [2.75, 3.05) is 47.3 Å². The maximum Gasteiger partial charge on any atom is 0.0113 e. The molecule has 3 nitrogen and oxygen atoms in total. The normalized spacial score (nSPS) is 19.5. The Labute approximate surface area is 101 Å². The summed E-state index contributed by atoms with van der Waals surface area (Å²) in [5.41, 5.74) is 0. The van der Waals surface area contributed by atoms with Gasteiger partial charge in [-0.05, 0) is 73.0 Å². The van der Waals surface area contributed by atoms with Crippen LogP contribution in [0.5, 0.6) is 0 Å². The molecule has 0 unspecified atom stereocenters. The van der Waals surface area contributed by atoms with Crippen LogP contribution in [0.3, 0.4) is 0 Å². The molecule has 0 bridgehead atoms. The molecule has 0 aromatic rings. The van der Waals surface area contributed by atoms with E-state index in [0.29, 0.717) is 0 Å². The third-order valence-corrected chi connectivity index (χ3v) is 3.69. The molecule has 0 aromatic carbocycles. The first-order valence-electron chi connectivity index (χ1n) is 6.77. The Balaban J connectivity index is 1.99. The summed E-state index contributed by atoms with van der Waals surface area (Å²) < 4.78 is 0. The minimum Gasteiger partial charge on any atom is -0.320 e. The summed E-state index contributed by atoms with van der Waals surface area (Å²) in [4.78, 5) is 5.02. The van der Waals surface area contributed by atoms with Gasteiger partial charge in [0.25, 0.3) is 0 Å². The zero-order valence-corrected chi connectivity index (χ0v) is 11.3. The Kier molecular flexibility index (Phi) is 7.01. The lowest BCUT2D eigenvalue weighted by atomic mass is 10.0. The lowest BCUT2D eigenvalue weighted by molar-refractivity contribution is 0.143. The van der Waals surface area contributed by atoms with Crippen LogP contribution >= 0.6 is 0 Å². The number of nitrogens with zero attached hydrogens (tertiary/aromatic N) is 2. The molecule has 1 aliphatic heterocycles. The Morgan fingerprint density at radius 2 is 1.81 bits per heavy atom. The lowest BCUT2D eigenvalue weighted by Gasteiger charge is -2.35. The molecule has 1 N–H and O–H groups in total. The van der Waals surface area contributed by atoms with Gasteiger partial charge in [0.2, 0.25) is 0 Å². The first kappa shape index (κ1) is 13.9. The zero-order chi connectivity index (χ0) is 11.8. The van der Waals surface area contributed by atoms with Gasteiger partial charge in [-0.1, -0.05) is 6.42 Å². The molecule has 1 rings (SSSR count). The summed E-state index contributed by atoms with van der Waals surface area (Å²) in [6.45, 7) is 5.08. The van der Waals surface area contributed by atoms with Crippen molar-refractivity contribution in [3.05, 3.63) is 0 Å². The number of piperidine rings is 1. The van der Waals surface area contributed by atoms with E-state index in [1.807, 2.05) is 7.05 Å². The van der Waals surface area contributed by atoms with E-state index >= 15 is 0 Å². The molecule has 1 heterocycles. The van der Waals surface area contributed by atoms with Gasteiger partial charge >= 0.3 is 0 Å². The van der Waals surface area contributed by atoms with E-state index in [9.17, 15) is 0 Å². The van der Waals surface area contributed by atoms with Crippen molar-refractivity contribution in [3.63, 3.8) is 0 Å². The molecule has 0 atom stereocenters. The molecular weight excluding hydrogens is 198 g/mol. The van der Waals surface area contributed by atoms with E-state index in [4.69, 9.17) is 0 Å². The van der Waals surface area contributed by atoms with E-state index in [1.54, 1.807) is 0 Å². The SMILES string of the molecule is CNCCCCCN1CCC(N(C)C)CC1. The minimum absolute atomic E-state index is 0.820.